The summed E-state index contributed by atoms with van der Waals surface area (Å²) in [5.74, 6) is 0.0568. The number of hydrogen-bond donors (Lipinski definition) is 2. The van der Waals surface area contributed by atoms with Crippen LogP contribution in [0.3, 0.4) is 0 Å². The number of fused-ring (bicyclic) bond motifs is 1. The topological polar surface area (TPSA) is 86.9 Å². The molecular formula is C13H18N4O. The lowest BCUT2D eigenvalue weighted by molar-refractivity contribution is -0.126. The summed E-state index contributed by atoms with van der Waals surface area (Å²) in [4.78, 5) is 15.7. The highest BCUT2D eigenvalue weighted by Crippen LogP contribution is 2.25. The van der Waals surface area contributed by atoms with Crippen molar-refractivity contribution < 1.29 is 4.79 Å². The van der Waals surface area contributed by atoms with Crippen LogP contribution in [-0.2, 0) is 11.3 Å². The molecule has 0 aliphatic carbocycles. The molecule has 0 atom stereocenters. The van der Waals surface area contributed by atoms with Crippen molar-refractivity contribution in [1.29, 1.82) is 0 Å². The Labute approximate surface area is 106 Å². The minimum Gasteiger partial charge on any atom is -0.369 e. The molecule has 1 aromatic heterocycles. The Morgan fingerprint density at radius 1 is 1.44 bits per heavy atom. The highest BCUT2D eigenvalue weighted by Gasteiger charge is 2.27. The highest BCUT2D eigenvalue weighted by atomic mass is 16.1. The highest BCUT2D eigenvalue weighted by molar-refractivity contribution is 5.82. The number of carbonyl (C=O) groups excluding carboxylic acids is 1. The fraction of sp³-hybridized carbons (Fsp3) is 0.385. The Kier molecular flexibility index (Phi) is 2.77. The average molecular weight is 246 g/mol. The molecule has 0 radical (unpaired) electrons. The molecule has 18 heavy (non-hydrogen) atoms. The summed E-state index contributed by atoms with van der Waals surface area (Å²) >= 11 is 0. The molecule has 96 valence electrons. The molecule has 0 unspecified atom stereocenters. The molecule has 0 bridgehead atoms. The number of anilines is 1. The van der Waals surface area contributed by atoms with E-state index in [4.69, 9.17) is 11.5 Å². The van der Waals surface area contributed by atoms with Gasteiger partial charge in [0.1, 0.15) is 0 Å². The second-order valence-electron chi connectivity index (χ2n) is 5.30. The lowest BCUT2D eigenvalue weighted by Crippen LogP contribution is -2.35. The van der Waals surface area contributed by atoms with E-state index in [9.17, 15) is 4.79 Å². The number of nitrogens with two attached hydrogens (primary N) is 2. The molecule has 5 nitrogen and oxygen atoms in total. The van der Waals surface area contributed by atoms with Crippen LogP contribution >= 0.6 is 0 Å². The fourth-order valence-corrected chi connectivity index (χ4v) is 1.89. The number of aryl methyl sites for hydroxylation is 1. The van der Waals surface area contributed by atoms with Crippen molar-refractivity contribution >= 4 is 22.9 Å². The summed E-state index contributed by atoms with van der Waals surface area (Å²) in [5, 5.41) is 0. The molecule has 0 saturated carbocycles. The molecule has 0 aliphatic heterocycles. The second-order valence-corrected chi connectivity index (χ2v) is 5.30. The Hall–Kier alpha value is -2.04. The van der Waals surface area contributed by atoms with Gasteiger partial charge in [-0.2, -0.15) is 0 Å². The average Bonchev–Trinajstić information content (AvgIpc) is 2.55. The standard InChI is InChI=1S/C13H18N4O/c1-8-4-5-9-10(6-8)17(12(15)16-9)7-13(2,3)11(14)18/h4-6H,7H2,1-3H3,(H2,14,18)(H2,15,16). The molecule has 1 heterocycles. The minimum absolute atomic E-state index is 0.351. The summed E-state index contributed by atoms with van der Waals surface area (Å²) in [6, 6.07) is 5.92. The van der Waals surface area contributed by atoms with E-state index in [-0.39, 0.29) is 5.91 Å². The Morgan fingerprint density at radius 3 is 2.72 bits per heavy atom. The Morgan fingerprint density at radius 2 is 2.11 bits per heavy atom. The lowest BCUT2D eigenvalue weighted by Gasteiger charge is -2.22. The van der Waals surface area contributed by atoms with Crippen LogP contribution in [0.5, 0.6) is 0 Å². The smallest absolute Gasteiger partial charge is 0.224 e. The van der Waals surface area contributed by atoms with E-state index in [0.717, 1.165) is 16.6 Å². The fourth-order valence-electron chi connectivity index (χ4n) is 1.89. The van der Waals surface area contributed by atoms with Crippen LogP contribution in [0.4, 0.5) is 5.95 Å². The lowest BCUT2D eigenvalue weighted by atomic mass is 9.92. The summed E-state index contributed by atoms with van der Waals surface area (Å²) in [5.41, 5.74) is 13.5. The second kappa shape index (κ2) is 4.01. The zero-order chi connectivity index (χ0) is 13.5. The van der Waals surface area contributed by atoms with E-state index in [1.165, 1.54) is 0 Å². The van der Waals surface area contributed by atoms with Crippen LogP contribution in [0.25, 0.3) is 11.0 Å². The predicted molar refractivity (Wildman–Crippen MR) is 71.9 cm³/mol. The summed E-state index contributed by atoms with van der Waals surface area (Å²) in [6.07, 6.45) is 0. The number of nitrogens with zero attached hydrogens (tertiary/aromatic N) is 2. The van der Waals surface area contributed by atoms with Gasteiger partial charge < -0.3 is 16.0 Å². The maximum absolute atomic E-state index is 11.4. The van der Waals surface area contributed by atoms with Crippen molar-refractivity contribution in [1.82, 2.24) is 9.55 Å². The van der Waals surface area contributed by atoms with E-state index >= 15 is 0 Å². The van der Waals surface area contributed by atoms with Gasteiger partial charge in [0.15, 0.2) is 0 Å². The monoisotopic (exact) mass is 246 g/mol. The van der Waals surface area contributed by atoms with Crippen LogP contribution in [0, 0.1) is 12.3 Å². The van der Waals surface area contributed by atoms with Gasteiger partial charge in [-0.1, -0.05) is 6.07 Å². The number of imidazole rings is 1. The van der Waals surface area contributed by atoms with Gasteiger partial charge in [-0.05, 0) is 38.5 Å². The number of aromatic nitrogens is 2. The molecule has 0 spiro atoms. The van der Waals surface area contributed by atoms with Crippen LogP contribution in [0.1, 0.15) is 19.4 Å². The molecule has 4 N–H and O–H groups in total. The first-order chi connectivity index (χ1) is 8.31. The number of carbonyl (C=O) groups is 1. The normalized spacial score (nSPS) is 11.9. The van der Waals surface area contributed by atoms with Crippen molar-refractivity contribution in [2.75, 3.05) is 5.73 Å². The molecule has 2 aromatic rings. The maximum Gasteiger partial charge on any atom is 0.224 e. The molecule has 1 amide bonds. The van der Waals surface area contributed by atoms with Gasteiger partial charge in [-0.15, -0.1) is 0 Å². The van der Waals surface area contributed by atoms with Gasteiger partial charge in [-0.3, -0.25) is 4.79 Å². The quantitative estimate of drug-likeness (QED) is 0.859. The van der Waals surface area contributed by atoms with Gasteiger partial charge >= 0.3 is 0 Å². The van der Waals surface area contributed by atoms with Gasteiger partial charge in [-0.25, -0.2) is 4.98 Å². The number of hydrogen-bond acceptors (Lipinski definition) is 3. The molecule has 0 fully saturated rings. The first kappa shape index (κ1) is 12.4. The molecule has 5 heteroatoms. The van der Waals surface area contributed by atoms with E-state index in [1.54, 1.807) is 13.8 Å². The summed E-state index contributed by atoms with van der Waals surface area (Å²) in [6.45, 7) is 6.03. The zero-order valence-corrected chi connectivity index (χ0v) is 10.9. The first-order valence-electron chi connectivity index (χ1n) is 5.83. The third-order valence-electron chi connectivity index (χ3n) is 3.15. The summed E-state index contributed by atoms with van der Waals surface area (Å²) in [7, 11) is 0. The molecule has 1 aromatic carbocycles. The first-order valence-corrected chi connectivity index (χ1v) is 5.83. The van der Waals surface area contributed by atoms with E-state index < -0.39 is 5.41 Å². The number of rotatable bonds is 3. The molecule has 0 saturated heterocycles. The van der Waals surface area contributed by atoms with E-state index in [0.29, 0.717) is 12.5 Å². The van der Waals surface area contributed by atoms with Crippen molar-refractivity contribution in [3.05, 3.63) is 23.8 Å². The molecular weight excluding hydrogens is 228 g/mol. The van der Waals surface area contributed by atoms with Crippen molar-refractivity contribution in [2.45, 2.75) is 27.3 Å². The third-order valence-corrected chi connectivity index (χ3v) is 3.15. The van der Waals surface area contributed by atoms with Crippen LogP contribution in [0.15, 0.2) is 18.2 Å². The van der Waals surface area contributed by atoms with Gasteiger partial charge in [0.05, 0.1) is 16.4 Å². The molecule has 2 rings (SSSR count). The van der Waals surface area contributed by atoms with Gasteiger partial charge in [0, 0.05) is 6.54 Å². The largest absolute Gasteiger partial charge is 0.369 e. The van der Waals surface area contributed by atoms with Crippen molar-refractivity contribution in [2.24, 2.45) is 11.1 Å². The van der Waals surface area contributed by atoms with Crippen LogP contribution < -0.4 is 11.5 Å². The van der Waals surface area contributed by atoms with Crippen LogP contribution in [0.2, 0.25) is 0 Å². The maximum atomic E-state index is 11.4. The number of benzene rings is 1. The van der Waals surface area contributed by atoms with Gasteiger partial charge in [0.25, 0.3) is 0 Å². The minimum atomic E-state index is -0.661. The zero-order valence-electron chi connectivity index (χ0n) is 10.9. The molecule has 0 aliphatic rings. The SMILES string of the molecule is Cc1ccc2nc(N)n(CC(C)(C)C(N)=O)c2c1. The number of primary amides is 1. The van der Waals surface area contributed by atoms with E-state index in [2.05, 4.69) is 4.98 Å². The van der Waals surface area contributed by atoms with E-state index in [1.807, 2.05) is 29.7 Å². The van der Waals surface area contributed by atoms with Crippen molar-refractivity contribution in [3.63, 3.8) is 0 Å². The number of nitrogen functional groups attached to an aromatic ring is 1. The Balaban J connectivity index is 2.53. The summed E-state index contributed by atoms with van der Waals surface area (Å²) < 4.78 is 1.84. The Bertz CT molecular complexity index is 613. The predicted octanol–water partition coefficient (Wildman–Crippen LogP) is 1.44. The van der Waals surface area contributed by atoms with Gasteiger partial charge in [0.2, 0.25) is 11.9 Å². The van der Waals surface area contributed by atoms with Crippen molar-refractivity contribution in [3.8, 4) is 0 Å². The number of amides is 1. The third kappa shape index (κ3) is 2.03. The van der Waals surface area contributed by atoms with Crippen LogP contribution in [-0.4, -0.2) is 15.5 Å².